The minimum Gasteiger partial charge on any atom is -0.495 e. The minimum atomic E-state index is -0.137. The Balaban J connectivity index is 2.47. The second kappa shape index (κ2) is 5.48. The summed E-state index contributed by atoms with van der Waals surface area (Å²) >= 11 is 0. The molecule has 2 N–H and O–H groups in total. The fraction of sp³-hybridized carbons (Fsp3) is 0.500. The topological polar surface area (TPSA) is 78.9 Å². The molecule has 6 nitrogen and oxygen atoms in total. The van der Waals surface area contributed by atoms with Crippen LogP contribution in [0.4, 0.5) is 5.69 Å². The smallest absolute Gasteiger partial charge is 0.182 e. The number of nitrogens with two attached hydrogens (primary N) is 1. The summed E-state index contributed by atoms with van der Waals surface area (Å²) in [4.78, 5) is 0. The van der Waals surface area contributed by atoms with Crippen molar-refractivity contribution in [2.45, 2.75) is 39.2 Å². The van der Waals surface area contributed by atoms with Crippen LogP contribution in [0.15, 0.2) is 18.2 Å². The first-order valence-corrected chi connectivity index (χ1v) is 6.72. The summed E-state index contributed by atoms with van der Waals surface area (Å²) < 4.78 is 7.12. The summed E-state index contributed by atoms with van der Waals surface area (Å²) in [5.41, 5.74) is 7.20. The molecule has 20 heavy (non-hydrogen) atoms. The van der Waals surface area contributed by atoms with E-state index in [9.17, 15) is 0 Å². The van der Waals surface area contributed by atoms with Gasteiger partial charge in [-0.2, -0.15) is 0 Å². The maximum atomic E-state index is 5.84. The Kier molecular flexibility index (Phi) is 3.92. The lowest BCUT2D eigenvalue weighted by Crippen LogP contribution is -2.28. The molecular weight excluding hydrogens is 254 g/mol. The molecule has 2 aromatic rings. The van der Waals surface area contributed by atoms with Crippen molar-refractivity contribution in [3.8, 4) is 17.1 Å². The van der Waals surface area contributed by atoms with Crippen LogP contribution in [0, 0.1) is 0 Å². The van der Waals surface area contributed by atoms with Crippen LogP contribution < -0.4 is 10.5 Å². The lowest BCUT2D eigenvalue weighted by Gasteiger charge is -2.25. The van der Waals surface area contributed by atoms with E-state index in [0.717, 1.165) is 24.2 Å². The Morgan fingerprint density at radius 3 is 2.75 bits per heavy atom. The third-order valence-corrected chi connectivity index (χ3v) is 3.40. The molecule has 0 fully saturated rings. The highest BCUT2D eigenvalue weighted by molar-refractivity contribution is 5.65. The first kappa shape index (κ1) is 14.3. The fourth-order valence-electron chi connectivity index (χ4n) is 2.34. The molecule has 0 aliphatic heterocycles. The zero-order valence-electron chi connectivity index (χ0n) is 12.4. The summed E-state index contributed by atoms with van der Waals surface area (Å²) in [6.45, 7) is 6.41. The average Bonchev–Trinajstić information content (AvgIpc) is 2.89. The van der Waals surface area contributed by atoms with E-state index in [1.807, 2.05) is 16.8 Å². The zero-order valence-corrected chi connectivity index (χ0v) is 12.4. The Hall–Kier alpha value is -2.11. The van der Waals surface area contributed by atoms with Crippen LogP contribution in [-0.2, 0) is 5.54 Å². The Bertz CT molecular complexity index is 591. The van der Waals surface area contributed by atoms with Gasteiger partial charge >= 0.3 is 0 Å². The van der Waals surface area contributed by atoms with Gasteiger partial charge in [0.15, 0.2) is 5.82 Å². The predicted molar refractivity (Wildman–Crippen MR) is 78.4 cm³/mol. The highest BCUT2D eigenvalue weighted by Gasteiger charge is 2.25. The van der Waals surface area contributed by atoms with Gasteiger partial charge in [0.2, 0.25) is 0 Å². The number of benzene rings is 1. The number of anilines is 1. The quantitative estimate of drug-likeness (QED) is 0.848. The fourth-order valence-corrected chi connectivity index (χ4v) is 2.34. The van der Waals surface area contributed by atoms with E-state index in [-0.39, 0.29) is 5.54 Å². The average molecular weight is 275 g/mol. The third kappa shape index (κ3) is 2.59. The number of nitrogen functional groups attached to an aromatic ring is 1. The van der Waals surface area contributed by atoms with Crippen LogP contribution in [0.25, 0.3) is 11.4 Å². The Morgan fingerprint density at radius 2 is 2.10 bits per heavy atom. The molecule has 1 aromatic carbocycles. The second-order valence-corrected chi connectivity index (χ2v) is 5.43. The predicted octanol–water partition coefficient (Wildman–Crippen LogP) is 2.47. The highest BCUT2D eigenvalue weighted by Crippen LogP contribution is 2.30. The molecule has 0 saturated heterocycles. The Morgan fingerprint density at radius 1 is 1.35 bits per heavy atom. The largest absolute Gasteiger partial charge is 0.495 e. The number of tetrazole rings is 1. The van der Waals surface area contributed by atoms with Gasteiger partial charge in [-0.3, -0.25) is 0 Å². The van der Waals surface area contributed by atoms with Gasteiger partial charge in [-0.25, -0.2) is 4.68 Å². The van der Waals surface area contributed by atoms with Crippen molar-refractivity contribution in [3.05, 3.63) is 18.2 Å². The van der Waals surface area contributed by atoms with Crippen LogP contribution in [0.2, 0.25) is 0 Å². The summed E-state index contributed by atoms with van der Waals surface area (Å²) in [6, 6.07) is 5.57. The SMILES string of the molecule is CCCC(C)(C)n1nnnc1-c1ccc(N)c(OC)c1. The molecule has 0 spiro atoms. The molecule has 0 bridgehead atoms. The van der Waals surface area contributed by atoms with Gasteiger partial charge in [0.1, 0.15) is 5.75 Å². The number of methoxy groups -OCH3 is 1. The van der Waals surface area contributed by atoms with Crippen LogP contribution in [0.5, 0.6) is 5.75 Å². The first-order chi connectivity index (χ1) is 9.49. The molecule has 0 amide bonds. The molecule has 0 aliphatic rings. The van der Waals surface area contributed by atoms with Crippen molar-refractivity contribution in [1.82, 2.24) is 20.2 Å². The number of nitrogens with zero attached hydrogens (tertiary/aromatic N) is 4. The lowest BCUT2D eigenvalue weighted by atomic mass is 9.98. The van der Waals surface area contributed by atoms with E-state index in [1.165, 1.54) is 0 Å². The van der Waals surface area contributed by atoms with Gasteiger partial charge in [0.25, 0.3) is 0 Å². The minimum absolute atomic E-state index is 0.137. The van der Waals surface area contributed by atoms with E-state index in [1.54, 1.807) is 13.2 Å². The summed E-state index contributed by atoms with van der Waals surface area (Å²) in [5, 5.41) is 12.1. The van der Waals surface area contributed by atoms with Gasteiger partial charge in [-0.1, -0.05) is 13.3 Å². The van der Waals surface area contributed by atoms with Crippen molar-refractivity contribution in [2.75, 3.05) is 12.8 Å². The maximum absolute atomic E-state index is 5.84. The van der Waals surface area contributed by atoms with E-state index in [2.05, 4.69) is 36.3 Å². The molecule has 0 aliphatic carbocycles. The van der Waals surface area contributed by atoms with E-state index >= 15 is 0 Å². The molecule has 1 aromatic heterocycles. The van der Waals surface area contributed by atoms with E-state index in [4.69, 9.17) is 10.5 Å². The standard InChI is InChI=1S/C14H21N5O/c1-5-8-14(2,3)19-13(16-17-18-19)10-6-7-11(15)12(9-10)20-4/h6-7,9H,5,8,15H2,1-4H3. The monoisotopic (exact) mass is 275 g/mol. The molecular formula is C14H21N5O. The van der Waals surface area contributed by atoms with Crippen molar-refractivity contribution in [2.24, 2.45) is 0 Å². The number of rotatable bonds is 5. The van der Waals surface area contributed by atoms with E-state index in [0.29, 0.717) is 11.4 Å². The van der Waals surface area contributed by atoms with Crippen LogP contribution in [0.3, 0.4) is 0 Å². The van der Waals surface area contributed by atoms with Crippen LogP contribution >= 0.6 is 0 Å². The summed E-state index contributed by atoms with van der Waals surface area (Å²) in [7, 11) is 1.60. The van der Waals surface area contributed by atoms with Crippen LogP contribution in [-0.4, -0.2) is 27.3 Å². The summed E-state index contributed by atoms with van der Waals surface area (Å²) in [5.74, 6) is 1.35. The van der Waals surface area contributed by atoms with Crippen molar-refractivity contribution in [1.29, 1.82) is 0 Å². The normalized spacial score (nSPS) is 11.6. The second-order valence-electron chi connectivity index (χ2n) is 5.43. The molecule has 6 heteroatoms. The molecule has 0 atom stereocenters. The highest BCUT2D eigenvalue weighted by atomic mass is 16.5. The lowest BCUT2D eigenvalue weighted by molar-refractivity contribution is 0.290. The third-order valence-electron chi connectivity index (χ3n) is 3.40. The molecule has 108 valence electrons. The maximum Gasteiger partial charge on any atom is 0.182 e. The van der Waals surface area contributed by atoms with Crippen molar-refractivity contribution >= 4 is 5.69 Å². The first-order valence-electron chi connectivity index (χ1n) is 6.72. The van der Waals surface area contributed by atoms with Gasteiger partial charge in [-0.05, 0) is 48.9 Å². The number of hydrogen-bond acceptors (Lipinski definition) is 5. The van der Waals surface area contributed by atoms with Crippen molar-refractivity contribution in [3.63, 3.8) is 0 Å². The van der Waals surface area contributed by atoms with Crippen molar-refractivity contribution < 1.29 is 4.74 Å². The van der Waals surface area contributed by atoms with Gasteiger partial charge < -0.3 is 10.5 Å². The molecule has 2 rings (SSSR count). The zero-order chi connectivity index (χ0) is 14.8. The van der Waals surface area contributed by atoms with Gasteiger partial charge in [0, 0.05) is 5.56 Å². The molecule has 0 saturated carbocycles. The molecule has 0 radical (unpaired) electrons. The summed E-state index contributed by atoms with van der Waals surface area (Å²) in [6.07, 6.45) is 2.06. The van der Waals surface area contributed by atoms with Gasteiger partial charge in [-0.15, -0.1) is 5.10 Å². The van der Waals surface area contributed by atoms with Gasteiger partial charge in [0.05, 0.1) is 18.3 Å². The number of ether oxygens (including phenoxy) is 1. The Labute approximate surface area is 118 Å². The molecule has 0 unspecified atom stereocenters. The number of hydrogen-bond donors (Lipinski definition) is 1. The van der Waals surface area contributed by atoms with E-state index < -0.39 is 0 Å². The number of aromatic nitrogens is 4. The molecule has 1 heterocycles. The van der Waals surface area contributed by atoms with Crippen LogP contribution in [0.1, 0.15) is 33.6 Å².